The van der Waals surface area contributed by atoms with Crippen molar-refractivity contribution in [3.8, 4) is 0 Å². The van der Waals surface area contributed by atoms with Crippen molar-refractivity contribution in [2.75, 3.05) is 26.7 Å². The molecule has 3 rings (SSSR count). The Bertz CT molecular complexity index is 344. The maximum atomic E-state index is 12.0. The molecule has 3 fully saturated rings. The zero-order valence-electron chi connectivity index (χ0n) is 13.0. The molecule has 0 aromatic rings. The van der Waals surface area contributed by atoms with Crippen LogP contribution >= 0.6 is 0 Å². The van der Waals surface area contributed by atoms with Gasteiger partial charge in [-0.05, 0) is 71.6 Å². The van der Waals surface area contributed by atoms with Crippen molar-refractivity contribution in [2.24, 2.45) is 5.92 Å². The van der Waals surface area contributed by atoms with Gasteiger partial charge < -0.3 is 4.90 Å². The molecule has 0 bridgehead atoms. The summed E-state index contributed by atoms with van der Waals surface area (Å²) in [5.74, 6) is 0.929. The first-order valence-electron chi connectivity index (χ1n) is 8.72. The quantitative estimate of drug-likeness (QED) is 0.790. The van der Waals surface area contributed by atoms with Crippen LogP contribution in [0.2, 0.25) is 0 Å². The van der Waals surface area contributed by atoms with E-state index in [9.17, 15) is 4.79 Å². The first kappa shape index (κ1) is 14.5. The third-order valence-corrected chi connectivity index (χ3v) is 5.90. The van der Waals surface area contributed by atoms with E-state index < -0.39 is 0 Å². The number of Topliss-reactive ketones (excluding diaryl/α,β-unsaturated/α-hetero) is 1. The molecular weight excluding hydrogens is 248 g/mol. The molecule has 0 amide bonds. The largest absolute Gasteiger partial charge is 0.303 e. The van der Waals surface area contributed by atoms with E-state index in [2.05, 4.69) is 16.8 Å². The Balaban J connectivity index is 1.52. The predicted octanol–water partition coefficient (Wildman–Crippen LogP) is 2.69. The van der Waals surface area contributed by atoms with Gasteiger partial charge in [0.25, 0.3) is 0 Å². The Morgan fingerprint density at radius 2 is 1.95 bits per heavy atom. The summed E-state index contributed by atoms with van der Waals surface area (Å²) in [5.41, 5.74) is 0. The van der Waals surface area contributed by atoms with Gasteiger partial charge in [-0.1, -0.05) is 6.42 Å². The van der Waals surface area contributed by atoms with Crippen molar-refractivity contribution < 1.29 is 4.79 Å². The van der Waals surface area contributed by atoms with E-state index in [0.717, 1.165) is 25.3 Å². The van der Waals surface area contributed by atoms with Gasteiger partial charge in [0.05, 0.1) is 0 Å². The zero-order valence-corrected chi connectivity index (χ0v) is 13.0. The van der Waals surface area contributed by atoms with Crippen molar-refractivity contribution in [2.45, 2.75) is 69.9 Å². The van der Waals surface area contributed by atoms with Crippen LogP contribution < -0.4 is 0 Å². The summed E-state index contributed by atoms with van der Waals surface area (Å²) in [6, 6.07) is 1.36. The summed E-state index contributed by atoms with van der Waals surface area (Å²) in [5, 5.41) is 0. The minimum Gasteiger partial charge on any atom is -0.303 e. The van der Waals surface area contributed by atoms with E-state index in [1.807, 2.05) is 0 Å². The molecule has 2 saturated heterocycles. The molecule has 114 valence electrons. The van der Waals surface area contributed by atoms with Crippen molar-refractivity contribution in [1.29, 1.82) is 0 Å². The van der Waals surface area contributed by atoms with Crippen LogP contribution in [-0.2, 0) is 4.79 Å². The average molecular weight is 278 g/mol. The fourth-order valence-electron chi connectivity index (χ4n) is 4.66. The lowest BCUT2D eigenvalue weighted by atomic mass is 9.94. The molecule has 1 saturated carbocycles. The van der Waals surface area contributed by atoms with Crippen LogP contribution in [0.3, 0.4) is 0 Å². The SMILES string of the molecule is CN1CCCCC1CCN1CCCC1C1CCCC1=O. The number of carbonyl (C=O) groups is 1. The highest BCUT2D eigenvalue weighted by molar-refractivity contribution is 5.83. The van der Waals surface area contributed by atoms with E-state index in [1.165, 1.54) is 58.2 Å². The van der Waals surface area contributed by atoms with Gasteiger partial charge in [-0.3, -0.25) is 9.69 Å². The van der Waals surface area contributed by atoms with Gasteiger partial charge >= 0.3 is 0 Å². The fourth-order valence-corrected chi connectivity index (χ4v) is 4.66. The molecule has 20 heavy (non-hydrogen) atoms. The van der Waals surface area contributed by atoms with Crippen molar-refractivity contribution in [1.82, 2.24) is 9.80 Å². The van der Waals surface area contributed by atoms with Gasteiger partial charge in [0.2, 0.25) is 0 Å². The van der Waals surface area contributed by atoms with Gasteiger partial charge in [0.1, 0.15) is 5.78 Å². The van der Waals surface area contributed by atoms with Crippen molar-refractivity contribution in [3.05, 3.63) is 0 Å². The number of hydrogen-bond donors (Lipinski definition) is 0. The van der Waals surface area contributed by atoms with Crippen molar-refractivity contribution in [3.63, 3.8) is 0 Å². The standard InChI is InChI=1S/C17H30N2O/c1-18-11-3-2-6-14(18)10-13-19-12-5-8-16(19)15-7-4-9-17(15)20/h14-16H,2-13H2,1H3. The number of ketones is 1. The van der Waals surface area contributed by atoms with E-state index in [0.29, 0.717) is 17.7 Å². The summed E-state index contributed by atoms with van der Waals surface area (Å²) >= 11 is 0. The maximum Gasteiger partial charge on any atom is 0.137 e. The van der Waals surface area contributed by atoms with Gasteiger partial charge in [0, 0.05) is 24.4 Å². The monoisotopic (exact) mass is 278 g/mol. The highest BCUT2D eigenvalue weighted by Crippen LogP contribution is 2.33. The molecule has 3 heteroatoms. The number of hydrogen-bond acceptors (Lipinski definition) is 3. The molecule has 2 heterocycles. The number of likely N-dealkylation sites (tertiary alicyclic amines) is 2. The molecular formula is C17H30N2O. The van der Waals surface area contributed by atoms with Gasteiger partial charge in [-0.2, -0.15) is 0 Å². The Morgan fingerprint density at radius 1 is 1.05 bits per heavy atom. The zero-order chi connectivity index (χ0) is 13.9. The van der Waals surface area contributed by atoms with Crippen LogP contribution in [0.15, 0.2) is 0 Å². The van der Waals surface area contributed by atoms with Gasteiger partial charge in [0.15, 0.2) is 0 Å². The van der Waals surface area contributed by atoms with Crippen LogP contribution in [0, 0.1) is 5.92 Å². The lowest BCUT2D eigenvalue weighted by Gasteiger charge is -2.35. The van der Waals surface area contributed by atoms with Crippen molar-refractivity contribution >= 4 is 5.78 Å². The van der Waals surface area contributed by atoms with E-state index in [1.54, 1.807) is 0 Å². The second-order valence-corrected chi connectivity index (χ2v) is 7.13. The van der Waals surface area contributed by atoms with Crippen LogP contribution in [-0.4, -0.2) is 54.3 Å². The van der Waals surface area contributed by atoms with E-state index in [4.69, 9.17) is 0 Å². The van der Waals surface area contributed by atoms with Gasteiger partial charge in [-0.15, -0.1) is 0 Å². The molecule has 3 nitrogen and oxygen atoms in total. The van der Waals surface area contributed by atoms with Crippen LogP contribution in [0.5, 0.6) is 0 Å². The summed E-state index contributed by atoms with van der Waals surface area (Å²) in [7, 11) is 2.28. The molecule has 3 unspecified atom stereocenters. The summed E-state index contributed by atoms with van der Waals surface area (Å²) in [4.78, 5) is 17.2. The lowest BCUT2D eigenvalue weighted by Crippen LogP contribution is -2.42. The third-order valence-electron chi connectivity index (χ3n) is 5.90. The third kappa shape index (κ3) is 3.09. The number of piperidine rings is 1. The number of carbonyl (C=O) groups excluding carboxylic acids is 1. The minimum atomic E-state index is 0.376. The normalized spacial score (nSPS) is 36.9. The second-order valence-electron chi connectivity index (χ2n) is 7.13. The topological polar surface area (TPSA) is 23.6 Å². The smallest absolute Gasteiger partial charge is 0.137 e. The summed E-state index contributed by atoms with van der Waals surface area (Å²) in [6.07, 6.45) is 11.1. The molecule has 3 atom stereocenters. The van der Waals surface area contributed by atoms with E-state index >= 15 is 0 Å². The Labute approximate surface area is 123 Å². The lowest BCUT2D eigenvalue weighted by molar-refractivity contribution is -0.122. The Kier molecular flexibility index (Phi) is 4.77. The molecule has 0 aromatic heterocycles. The molecule has 0 spiro atoms. The van der Waals surface area contributed by atoms with Crippen LogP contribution in [0.4, 0.5) is 0 Å². The number of nitrogens with zero attached hydrogens (tertiary/aromatic N) is 2. The predicted molar refractivity (Wildman–Crippen MR) is 81.8 cm³/mol. The molecule has 0 radical (unpaired) electrons. The Morgan fingerprint density at radius 3 is 2.70 bits per heavy atom. The van der Waals surface area contributed by atoms with Crippen LogP contribution in [0.1, 0.15) is 57.8 Å². The molecule has 0 aromatic carbocycles. The molecule has 2 aliphatic heterocycles. The maximum absolute atomic E-state index is 12.0. The average Bonchev–Trinajstić information content (AvgIpc) is 3.06. The molecule has 3 aliphatic rings. The fraction of sp³-hybridized carbons (Fsp3) is 0.941. The molecule has 0 N–H and O–H groups in total. The van der Waals surface area contributed by atoms with Crippen LogP contribution in [0.25, 0.3) is 0 Å². The summed E-state index contributed by atoms with van der Waals surface area (Å²) < 4.78 is 0. The minimum absolute atomic E-state index is 0.376. The van der Waals surface area contributed by atoms with E-state index in [-0.39, 0.29) is 0 Å². The Hall–Kier alpha value is -0.410. The molecule has 1 aliphatic carbocycles. The summed E-state index contributed by atoms with van der Waals surface area (Å²) in [6.45, 7) is 3.71. The van der Waals surface area contributed by atoms with Gasteiger partial charge in [-0.25, -0.2) is 0 Å². The highest BCUT2D eigenvalue weighted by atomic mass is 16.1. The second kappa shape index (κ2) is 6.57. The number of rotatable bonds is 4. The first-order valence-corrected chi connectivity index (χ1v) is 8.72. The first-order chi connectivity index (χ1) is 9.75. The highest BCUT2D eigenvalue weighted by Gasteiger charge is 2.38.